The average Bonchev–Trinajstić information content (AvgIpc) is 3.05. The molecule has 0 bridgehead atoms. The highest BCUT2D eigenvalue weighted by Gasteiger charge is 2.24. The summed E-state index contributed by atoms with van der Waals surface area (Å²) in [6, 6.07) is 6.27. The number of nitrogens with zero attached hydrogens (tertiary/aromatic N) is 4. The molecule has 3 rings (SSSR count). The zero-order chi connectivity index (χ0) is 17.1. The molecule has 8 nitrogen and oxygen atoms in total. The van der Waals surface area contributed by atoms with Gasteiger partial charge in [-0.3, -0.25) is 19.9 Å². The van der Waals surface area contributed by atoms with Crippen LogP contribution in [0.1, 0.15) is 5.69 Å². The molecule has 1 N–H and O–H groups in total. The average molecular weight is 332 g/mol. The number of benzene rings is 1. The molecule has 1 atom stereocenters. The smallest absolute Gasteiger partial charge is 0.269 e. The molecule has 0 amide bonds. The molecule has 2 heterocycles. The van der Waals surface area contributed by atoms with Gasteiger partial charge in [0.2, 0.25) is 5.89 Å². The minimum Gasteiger partial charge on any atom is -0.444 e. The van der Waals surface area contributed by atoms with Crippen molar-refractivity contribution in [2.75, 3.05) is 33.3 Å². The Hall–Kier alpha value is -2.29. The largest absolute Gasteiger partial charge is 0.444 e. The first-order chi connectivity index (χ1) is 11.6. The van der Waals surface area contributed by atoms with E-state index in [1.807, 2.05) is 7.05 Å². The Morgan fingerprint density at radius 3 is 2.79 bits per heavy atom. The Morgan fingerprint density at radius 1 is 1.38 bits per heavy atom. The fourth-order valence-electron chi connectivity index (χ4n) is 2.82. The number of aliphatic hydroxyl groups excluding tert-OH is 1. The van der Waals surface area contributed by atoms with Crippen LogP contribution in [0.2, 0.25) is 0 Å². The zero-order valence-corrected chi connectivity index (χ0v) is 13.5. The summed E-state index contributed by atoms with van der Waals surface area (Å²) in [4.78, 5) is 19.1. The number of rotatable bonds is 5. The number of hydrogen-bond acceptors (Lipinski definition) is 7. The van der Waals surface area contributed by atoms with Gasteiger partial charge < -0.3 is 9.52 Å². The van der Waals surface area contributed by atoms with E-state index >= 15 is 0 Å². The van der Waals surface area contributed by atoms with Crippen LogP contribution in [0.4, 0.5) is 5.69 Å². The normalized spacial score (nSPS) is 19.5. The summed E-state index contributed by atoms with van der Waals surface area (Å²) >= 11 is 0. The van der Waals surface area contributed by atoms with Crippen molar-refractivity contribution in [3.63, 3.8) is 0 Å². The first-order valence-electron chi connectivity index (χ1n) is 7.79. The lowest BCUT2D eigenvalue weighted by Gasteiger charge is -2.38. The second kappa shape index (κ2) is 7.08. The molecular formula is C16H20N4O4. The van der Waals surface area contributed by atoms with Crippen LogP contribution in [0.5, 0.6) is 0 Å². The van der Waals surface area contributed by atoms with Crippen molar-refractivity contribution >= 4 is 5.69 Å². The van der Waals surface area contributed by atoms with Crippen LogP contribution in [-0.2, 0) is 6.54 Å². The number of piperazine rings is 1. The zero-order valence-electron chi connectivity index (χ0n) is 13.5. The predicted octanol–water partition coefficient (Wildman–Crippen LogP) is 1.36. The molecule has 1 unspecified atom stereocenters. The van der Waals surface area contributed by atoms with Gasteiger partial charge in [0.1, 0.15) is 6.26 Å². The van der Waals surface area contributed by atoms with E-state index in [0.717, 1.165) is 25.3 Å². The minimum atomic E-state index is -0.435. The highest BCUT2D eigenvalue weighted by Crippen LogP contribution is 2.22. The van der Waals surface area contributed by atoms with E-state index in [-0.39, 0.29) is 18.3 Å². The van der Waals surface area contributed by atoms with Crippen LogP contribution in [0.3, 0.4) is 0 Å². The van der Waals surface area contributed by atoms with Gasteiger partial charge in [0.05, 0.1) is 17.2 Å². The molecule has 1 saturated heterocycles. The van der Waals surface area contributed by atoms with Gasteiger partial charge in [-0.25, -0.2) is 4.98 Å². The highest BCUT2D eigenvalue weighted by atomic mass is 16.6. The molecule has 1 aromatic carbocycles. The van der Waals surface area contributed by atoms with Crippen molar-refractivity contribution in [3.05, 3.63) is 46.3 Å². The number of hydrogen-bond donors (Lipinski definition) is 1. The molecule has 24 heavy (non-hydrogen) atoms. The molecule has 0 aliphatic carbocycles. The Labute approximate surface area is 139 Å². The molecular weight excluding hydrogens is 312 g/mol. The van der Waals surface area contributed by atoms with Crippen molar-refractivity contribution in [2.45, 2.75) is 12.6 Å². The lowest BCUT2D eigenvalue weighted by atomic mass is 10.2. The van der Waals surface area contributed by atoms with Crippen LogP contribution in [0.25, 0.3) is 11.5 Å². The van der Waals surface area contributed by atoms with E-state index in [0.29, 0.717) is 18.0 Å². The second-order valence-corrected chi connectivity index (χ2v) is 6.00. The third kappa shape index (κ3) is 3.61. The van der Waals surface area contributed by atoms with Gasteiger partial charge in [0, 0.05) is 49.9 Å². The summed E-state index contributed by atoms with van der Waals surface area (Å²) in [6.45, 7) is 3.39. The molecule has 1 aliphatic rings. The molecule has 8 heteroatoms. The van der Waals surface area contributed by atoms with Crippen molar-refractivity contribution in [1.82, 2.24) is 14.8 Å². The van der Waals surface area contributed by atoms with Gasteiger partial charge >= 0.3 is 0 Å². The monoisotopic (exact) mass is 332 g/mol. The number of non-ortho nitro benzene ring substituents is 1. The van der Waals surface area contributed by atoms with Crippen molar-refractivity contribution in [2.24, 2.45) is 0 Å². The van der Waals surface area contributed by atoms with Crippen molar-refractivity contribution < 1.29 is 14.4 Å². The molecule has 128 valence electrons. The molecule has 1 aromatic heterocycles. The standard InChI is InChI=1S/C16H20N4O4/c1-18-6-7-19(9-15(18)10-21)8-13-11-24-16(17-13)12-2-4-14(5-3-12)20(22)23/h2-5,11,15,21H,6-10H2,1H3. The highest BCUT2D eigenvalue weighted by molar-refractivity contribution is 5.55. The van der Waals surface area contributed by atoms with Crippen LogP contribution in [0, 0.1) is 10.1 Å². The fraction of sp³-hybridized carbons (Fsp3) is 0.438. The molecule has 1 aliphatic heterocycles. The third-order valence-corrected chi connectivity index (χ3v) is 4.33. The van der Waals surface area contributed by atoms with Gasteiger partial charge in [-0.05, 0) is 19.2 Å². The van der Waals surface area contributed by atoms with E-state index in [9.17, 15) is 15.2 Å². The van der Waals surface area contributed by atoms with E-state index < -0.39 is 4.92 Å². The van der Waals surface area contributed by atoms with Gasteiger partial charge in [0.25, 0.3) is 5.69 Å². The van der Waals surface area contributed by atoms with Crippen molar-refractivity contribution in [1.29, 1.82) is 0 Å². The molecule has 0 radical (unpaired) electrons. The number of aliphatic hydroxyl groups is 1. The van der Waals surface area contributed by atoms with E-state index in [4.69, 9.17) is 4.42 Å². The molecule has 0 spiro atoms. The lowest BCUT2D eigenvalue weighted by molar-refractivity contribution is -0.384. The van der Waals surface area contributed by atoms with Gasteiger partial charge in [-0.2, -0.15) is 0 Å². The molecule has 2 aromatic rings. The lowest BCUT2D eigenvalue weighted by Crippen LogP contribution is -2.52. The summed E-state index contributed by atoms with van der Waals surface area (Å²) < 4.78 is 5.50. The molecule has 1 fully saturated rings. The first kappa shape index (κ1) is 16.6. The van der Waals surface area contributed by atoms with Gasteiger partial charge in [-0.15, -0.1) is 0 Å². The molecule has 0 saturated carbocycles. The van der Waals surface area contributed by atoms with Crippen LogP contribution in [-0.4, -0.2) is 64.1 Å². The number of likely N-dealkylation sites (N-methyl/N-ethyl adjacent to an activating group) is 1. The van der Waals surface area contributed by atoms with Crippen LogP contribution >= 0.6 is 0 Å². The first-order valence-corrected chi connectivity index (χ1v) is 7.79. The Morgan fingerprint density at radius 2 is 2.12 bits per heavy atom. The van der Waals surface area contributed by atoms with Crippen molar-refractivity contribution in [3.8, 4) is 11.5 Å². The summed E-state index contributed by atoms with van der Waals surface area (Å²) in [7, 11) is 2.01. The van der Waals surface area contributed by atoms with E-state index in [2.05, 4.69) is 14.8 Å². The van der Waals surface area contributed by atoms with E-state index in [1.165, 1.54) is 12.1 Å². The van der Waals surface area contributed by atoms with Gasteiger partial charge in [0.15, 0.2) is 0 Å². The van der Waals surface area contributed by atoms with E-state index in [1.54, 1.807) is 18.4 Å². The Balaban J connectivity index is 1.66. The number of oxazole rings is 1. The number of nitro groups is 1. The maximum absolute atomic E-state index is 10.7. The second-order valence-electron chi connectivity index (χ2n) is 6.00. The summed E-state index contributed by atoms with van der Waals surface area (Å²) in [6.07, 6.45) is 1.61. The topological polar surface area (TPSA) is 95.9 Å². The third-order valence-electron chi connectivity index (χ3n) is 4.33. The maximum Gasteiger partial charge on any atom is 0.269 e. The Kier molecular flexibility index (Phi) is 4.89. The van der Waals surface area contributed by atoms with Crippen LogP contribution < -0.4 is 0 Å². The number of aromatic nitrogens is 1. The quantitative estimate of drug-likeness (QED) is 0.652. The SMILES string of the molecule is CN1CCN(Cc2coc(-c3ccc([N+](=O)[O-])cc3)n2)CC1CO. The van der Waals surface area contributed by atoms with Crippen LogP contribution in [0.15, 0.2) is 34.9 Å². The number of nitro benzene ring substituents is 1. The maximum atomic E-state index is 10.7. The van der Waals surface area contributed by atoms with Gasteiger partial charge in [-0.1, -0.05) is 0 Å². The minimum absolute atomic E-state index is 0.0398. The summed E-state index contributed by atoms with van der Waals surface area (Å²) in [5.41, 5.74) is 1.56. The Bertz CT molecular complexity index is 700. The predicted molar refractivity (Wildman–Crippen MR) is 87.4 cm³/mol. The summed E-state index contributed by atoms with van der Waals surface area (Å²) in [5, 5.41) is 20.1. The fourth-order valence-corrected chi connectivity index (χ4v) is 2.82. The summed E-state index contributed by atoms with van der Waals surface area (Å²) in [5.74, 6) is 0.452.